The molecule has 1 saturated carbocycles. The first-order chi connectivity index (χ1) is 15.4. The third kappa shape index (κ3) is 5.09. The number of aliphatic hydroxyl groups excluding tert-OH is 1. The number of carbonyl (C=O) groups excluding carboxylic acids is 1. The molecule has 164 valence electrons. The van der Waals surface area contributed by atoms with Crippen LogP contribution in [0.1, 0.15) is 51.8 Å². The maximum Gasteiger partial charge on any atom is 0.255 e. The summed E-state index contributed by atoms with van der Waals surface area (Å²) in [5, 5.41) is 14.9. The van der Waals surface area contributed by atoms with Gasteiger partial charge in [0, 0.05) is 44.2 Å². The van der Waals surface area contributed by atoms with Gasteiger partial charge in [0.05, 0.1) is 28.4 Å². The van der Waals surface area contributed by atoms with Gasteiger partial charge < -0.3 is 10.0 Å². The van der Waals surface area contributed by atoms with Gasteiger partial charge in [0.1, 0.15) is 0 Å². The van der Waals surface area contributed by atoms with E-state index >= 15 is 0 Å². The van der Waals surface area contributed by atoms with E-state index in [0.29, 0.717) is 29.5 Å². The summed E-state index contributed by atoms with van der Waals surface area (Å²) < 4.78 is 3.04. The standard InChI is InChI=1S/C25H25BrN4O2/c1-3-17-8-21(13-27-12-17)25(32)29(2)16-24(31)9-18-4-6-19(7-5-18)20-10-23(11-20)30-15-22(26)14-28-30/h1,4-8,12-15,20,23-24,31H,9-11,16H2,2H3/t20?,23?,24-/m0/s1. The minimum Gasteiger partial charge on any atom is -0.391 e. The fourth-order valence-electron chi connectivity index (χ4n) is 4.11. The molecule has 0 bridgehead atoms. The van der Waals surface area contributed by atoms with E-state index in [4.69, 9.17) is 6.42 Å². The summed E-state index contributed by atoms with van der Waals surface area (Å²) in [5.74, 6) is 2.80. The van der Waals surface area contributed by atoms with Crippen molar-refractivity contribution in [2.45, 2.75) is 37.3 Å². The summed E-state index contributed by atoms with van der Waals surface area (Å²) in [5.41, 5.74) is 3.34. The number of aliphatic hydroxyl groups is 1. The Morgan fingerprint density at radius 2 is 2.06 bits per heavy atom. The second kappa shape index (κ2) is 9.68. The second-order valence-electron chi connectivity index (χ2n) is 8.35. The van der Waals surface area contributed by atoms with E-state index in [1.165, 1.54) is 22.9 Å². The lowest BCUT2D eigenvalue weighted by atomic mass is 9.76. The zero-order chi connectivity index (χ0) is 22.7. The molecule has 2 heterocycles. The monoisotopic (exact) mass is 492 g/mol. The Kier molecular flexibility index (Phi) is 6.73. The molecule has 32 heavy (non-hydrogen) atoms. The first kappa shape index (κ1) is 22.3. The summed E-state index contributed by atoms with van der Waals surface area (Å²) in [4.78, 5) is 18.1. The van der Waals surface area contributed by atoms with Crippen LogP contribution < -0.4 is 0 Å². The largest absolute Gasteiger partial charge is 0.391 e. The molecule has 1 fully saturated rings. The Balaban J connectivity index is 1.28. The van der Waals surface area contributed by atoms with Gasteiger partial charge in [0.2, 0.25) is 0 Å². The average molecular weight is 493 g/mol. The quantitative estimate of drug-likeness (QED) is 0.509. The fraction of sp³-hybridized carbons (Fsp3) is 0.320. The molecule has 7 heteroatoms. The summed E-state index contributed by atoms with van der Waals surface area (Å²) >= 11 is 3.45. The Bertz CT molecular complexity index is 1130. The number of likely N-dealkylation sites (N-methyl/N-ethyl adjacent to an activating group) is 1. The van der Waals surface area contributed by atoms with Gasteiger partial charge in [-0.25, -0.2) is 0 Å². The molecule has 1 amide bonds. The number of hydrogen-bond donors (Lipinski definition) is 1. The highest BCUT2D eigenvalue weighted by molar-refractivity contribution is 9.10. The molecule has 0 aliphatic heterocycles. The number of amides is 1. The highest BCUT2D eigenvalue weighted by Crippen LogP contribution is 2.44. The van der Waals surface area contributed by atoms with E-state index in [-0.39, 0.29) is 12.5 Å². The van der Waals surface area contributed by atoms with Gasteiger partial charge in [-0.2, -0.15) is 5.10 Å². The number of hydrogen-bond acceptors (Lipinski definition) is 4. The Morgan fingerprint density at radius 1 is 1.31 bits per heavy atom. The number of halogens is 1. The molecular formula is C25H25BrN4O2. The molecular weight excluding hydrogens is 468 g/mol. The van der Waals surface area contributed by atoms with Crippen molar-refractivity contribution in [3.8, 4) is 12.3 Å². The highest BCUT2D eigenvalue weighted by atomic mass is 79.9. The third-order valence-corrected chi connectivity index (χ3v) is 6.37. The fourth-order valence-corrected chi connectivity index (χ4v) is 4.41. The van der Waals surface area contributed by atoms with Crippen molar-refractivity contribution in [3.05, 3.63) is 81.8 Å². The van der Waals surface area contributed by atoms with Crippen LogP contribution in [0.5, 0.6) is 0 Å². The number of terminal acetylenes is 1. The van der Waals surface area contributed by atoms with E-state index in [1.54, 1.807) is 13.1 Å². The van der Waals surface area contributed by atoms with E-state index < -0.39 is 6.10 Å². The van der Waals surface area contributed by atoms with Gasteiger partial charge >= 0.3 is 0 Å². The van der Waals surface area contributed by atoms with Gasteiger partial charge in [-0.3, -0.25) is 14.5 Å². The maximum absolute atomic E-state index is 12.6. The van der Waals surface area contributed by atoms with E-state index in [0.717, 1.165) is 22.9 Å². The van der Waals surface area contributed by atoms with E-state index in [2.05, 4.69) is 56.2 Å². The normalized spacial score (nSPS) is 18.4. The summed E-state index contributed by atoms with van der Waals surface area (Å²) in [6.45, 7) is 0.227. The van der Waals surface area contributed by atoms with Gasteiger partial charge in [-0.1, -0.05) is 30.2 Å². The van der Waals surface area contributed by atoms with Gasteiger partial charge in [-0.15, -0.1) is 6.42 Å². The third-order valence-electron chi connectivity index (χ3n) is 5.96. The zero-order valence-electron chi connectivity index (χ0n) is 17.9. The molecule has 1 aliphatic rings. The smallest absolute Gasteiger partial charge is 0.255 e. The number of pyridine rings is 1. The van der Waals surface area contributed by atoms with Crippen LogP contribution >= 0.6 is 15.9 Å². The molecule has 0 saturated heterocycles. The number of aromatic nitrogens is 3. The molecule has 4 rings (SSSR count). The second-order valence-corrected chi connectivity index (χ2v) is 9.27. The van der Waals surface area contributed by atoms with Crippen molar-refractivity contribution in [3.63, 3.8) is 0 Å². The van der Waals surface area contributed by atoms with Crippen LogP contribution in [0.4, 0.5) is 0 Å². The van der Waals surface area contributed by atoms with Gasteiger partial charge in [-0.05, 0) is 51.9 Å². The van der Waals surface area contributed by atoms with Crippen LogP contribution in [0.3, 0.4) is 0 Å². The molecule has 3 aromatic rings. The molecule has 1 N–H and O–H groups in total. The van der Waals surface area contributed by atoms with Gasteiger partial charge in [0.25, 0.3) is 5.91 Å². The van der Waals surface area contributed by atoms with Crippen LogP contribution in [0.15, 0.2) is 59.6 Å². The molecule has 6 nitrogen and oxygen atoms in total. The van der Waals surface area contributed by atoms with Crippen LogP contribution in [-0.2, 0) is 6.42 Å². The van der Waals surface area contributed by atoms with E-state index in [9.17, 15) is 9.90 Å². The van der Waals surface area contributed by atoms with Crippen molar-refractivity contribution in [1.82, 2.24) is 19.7 Å². The number of rotatable bonds is 7. The molecule has 1 aliphatic carbocycles. The Morgan fingerprint density at radius 3 is 2.72 bits per heavy atom. The number of nitrogens with zero attached hydrogens (tertiary/aromatic N) is 4. The minimum absolute atomic E-state index is 0.215. The summed E-state index contributed by atoms with van der Waals surface area (Å²) in [7, 11) is 1.67. The SMILES string of the molecule is C#Cc1cncc(C(=O)N(C)C[C@@H](O)Cc2ccc(C3CC(n4cc(Br)cn4)C3)cc2)c1. The lowest BCUT2D eigenvalue weighted by Gasteiger charge is -2.35. The molecule has 0 unspecified atom stereocenters. The number of carbonyl (C=O) groups is 1. The molecule has 1 atom stereocenters. The van der Waals surface area contributed by atoms with Crippen molar-refractivity contribution >= 4 is 21.8 Å². The topological polar surface area (TPSA) is 71.2 Å². The predicted octanol–water partition coefficient (Wildman–Crippen LogP) is 3.82. The number of benzene rings is 1. The van der Waals surface area contributed by atoms with Crippen molar-refractivity contribution in [1.29, 1.82) is 0 Å². The van der Waals surface area contributed by atoms with E-state index in [1.807, 2.05) is 17.1 Å². The summed E-state index contributed by atoms with van der Waals surface area (Å²) in [6, 6.07) is 10.5. The van der Waals surface area contributed by atoms with Crippen molar-refractivity contribution < 1.29 is 9.90 Å². The highest BCUT2D eigenvalue weighted by Gasteiger charge is 2.32. The molecule has 0 radical (unpaired) electrons. The maximum atomic E-state index is 12.6. The zero-order valence-corrected chi connectivity index (χ0v) is 19.4. The first-order valence-corrected chi connectivity index (χ1v) is 11.4. The predicted molar refractivity (Wildman–Crippen MR) is 126 cm³/mol. The molecule has 0 spiro atoms. The Hall–Kier alpha value is -2.95. The van der Waals surface area contributed by atoms with Crippen molar-refractivity contribution in [2.24, 2.45) is 0 Å². The lowest BCUT2D eigenvalue weighted by molar-refractivity contribution is 0.0681. The lowest BCUT2D eigenvalue weighted by Crippen LogP contribution is -2.35. The average Bonchev–Trinajstić information content (AvgIpc) is 3.19. The minimum atomic E-state index is -0.662. The van der Waals surface area contributed by atoms with Crippen LogP contribution in [-0.4, -0.2) is 50.4 Å². The molecule has 1 aromatic carbocycles. The van der Waals surface area contributed by atoms with Crippen molar-refractivity contribution in [2.75, 3.05) is 13.6 Å². The van der Waals surface area contributed by atoms with Crippen LogP contribution in [0.25, 0.3) is 0 Å². The first-order valence-electron chi connectivity index (χ1n) is 10.6. The molecule has 2 aromatic heterocycles. The van der Waals surface area contributed by atoms with Crippen LogP contribution in [0.2, 0.25) is 0 Å². The van der Waals surface area contributed by atoms with Gasteiger partial charge in [0.15, 0.2) is 0 Å². The Labute approximate surface area is 196 Å². The van der Waals surface area contributed by atoms with Crippen LogP contribution in [0, 0.1) is 12.3 Å². The summed E-state index contributed by atoms with van der Waals surface area (Å²) in [6.07, 6.45) is 14.2.